The van der Waals surface area contributed by atoms with Crippen molar-refractivity contribution in [2.75, 3.05) is 0 Å². The summed E-state index contributed by atoms with van der Waals surface area (Å²) in [7, 11) is 0. The standard InChI is InChI=1S/C14H20N2O4/c1-2-3-4-5-6-7-15-16-14(20)10-8-11(17)13(19)12(18)9-10/h7-9,17-19H,2-6H2,1H3,(H,16,20)/b15-7+. The molecule has 0 saturated carbocycles. The molecule has 0 heterocycles. The summed E-state index contributed by atoms with van der Waals surface area (Å²) in [4.78, 5) is 11.7. The molecule has 0 aromatic heterocycles. The second-order valence-electron chi connectivity index (χ2n) is 4.47. The van der Waals surface area contributed by atoms with E-state index in [0.717, 1.165) is 31.4 Å². The van der Waals surface area contributed by atoms with Crippen LogP contribution >= 0.6 is 0 Å². The van der Waals surface area contributed by atoms with Crippen molar-refractivity contribution >= 4 is 12.1 Å². The van der Waals surface area contributed by atoms with E-state index in [1.165, 1.54) is 12.8 Å². The molecule has 0 aliphatic rings. The first-order valence-electron chi connectivity index (χ1n) is 6.63. The predicted octanol–water partition coefficient (Wildman–Crippen LogP) is 2.49. The number of phenols is 3. The summed E-state index contributed by atoms with van der Waals surface area (Å²) in [6.45, 7) is 2.14. The number of phenolic OH excluding ortho intramolecular Hbond substituents is 3. The molecule has 1 aromatic carbocycles. The molecule has 0 saturated heterocycles. The van der Waals surface area contributed by atoms with Gasteiger partial charge in [-0.05, 0) is 25.0 Å². The number of unbranched alkanes of at least 4 members (excludes halogenated alkanes) is 4. The van der Waals surface area contributed by atoms with Crippen molar-refractivity contribution in [3.63, 3.8) is 0 Å². The number of carbonyl (C=O) groups excluding carboxylic acids is 1. The highest BCUT2D eigenvalue weighted by Gasteiger charge is 2.12. The zero-order chi connectivity index (χ0) is 15.0. The van der Waals surface area contributed by atoms with Gasteiger partial charge in [-0.1, -0.05) is 26.2 Å². The SMILES string of the molecule is CCCCCC/C=N/NC(=O)c1cc(O)c(O)c(O)c1. The molecular formula is C14H20N2O4. The molecule has 4 N–H and O–H groups in total. The fourth-order valence-corrected chi connectivity index (χ4v) is 1.63. The van der Waals surface area contributed by atoms with Crippen molar-refractivity contribution in [3.8, 4) is 17.2 Å². The van der Waals surface area contributed by atoms with Gasteiger partial charge in [-0.3, -0.25) is 4.79 Å². The summed E-state index contributed by atoms with van der Waals surface area (Å²) < 4.78 is 0. The molecule has 0 atom stereocenters. The minimum atomic E-state index is -0.652. The van der Waals surface area contributed by atoms with Gasteiger partial charge in [0.1, 0.15) is 0 Å². The van der Waals surface area contributed by atoms with Crippen LogP contribution in [0.3, 0.4) is 0 Å². The molecule has 0 bridgehead atoms. The van der Waals surface area contributed by atoms with Crippen molar-refractivity contribution in [1.82, 2.24) is 5.43 Å². The molecule has 0 aliphatic carbocycles. The van der Waals surface area contributed by atoms with E-state index in [9.17, 15) is 15.0 Å². The predicted molar refractivity (Wildman–Crippen MR) is 76.2 cm³/mol. The zero-order valence-electron chi connectivity index (χ0n) is 11.5. The van der Waals surface area contributed by atoms with Crippen molar-refractivity contribution in [2.24, 2.45) is 5.10 Å². The molecule has 0 aliphatic heterocycles. The first-order valence-corrected chi connectivity index (χ1v) is 6.63. The van der Waals surface area contributed by atoms with E-state index in [1.807, 2.05) is 0 Å². The maximum atomic E-state index is 11.7. The summed E-state index contributed by atoms with van der Waals surface area (Å²) in [5, 5.41) is 31.5. The van der Waals surface area contributed by atoms with Crippen LogP contribution in [-0.2, 0) is 0 Å². The number of aromatic hydroxyl groups is 3. The van der Waals surface area contributed by atoms with Gasteiger partial charge in [-0.2, -0.15) is 5.10 Å². The van der Waals surface area contributed by atoms with Crippen LogP contribution < -0.4 is 5.43 Å². The lowest BCUT2D eigenvalue weighted by molar-refractivity contribution is 0.0954. The Balaban J connectivity index is 2.45. The van der Waals surface area contributed by atoms with E-state index in [-0.39, 0.29) is 5.56 Å². The van der Waals surface area contributed by atoms with E-state index in [2.05, 4.69) is 17.5 Å². The largest absolute Gasteiger partial charge is 0.504 e. The third-order valence-corrected chi connectivity index (χ3v) is 2.78. The molecule has 20 heavy (non-hydrogen) atoms. The first kappa shape index (κ1) is 15.8. The topological polar surface area (TPSA) is 102 Å². The Hall–Kier alpha value is -2.24. The van der Waals surface area contributed by atoms with Gasteiger partial charge >= 0.3 is 0 Å². The summed E-state index contributed by atoms with van der Waals surface area (Å²) in [6, 6.07) is 2.11. The molecular weight excluding hydrogens is 260 g/mol. The fourth-order valence-electron chi connectivity index (χ4n) is 1.63. The highest BCUT2D eigenvalue weighted by atomic mass is 16.3. The van der Waals surface area contributed by atoms with Gasteiger partial charge in [0.05, 0.1) is 0 Å². The zero-order valence-corrected chi connectivity index (χ0v) is 11.5. The summed E-state index contributed by atoms with van der Waals surface area (Å²) in [6.07, 6.45) is 6.91. The van der Waals surface area contributed by atoms with Gasteiger partial charge in [0.15, 0.2) is 17.2 Å². The molecule has 6 nitrogen and oxygen atoms in total. The van der Waals surface area contributed by atoms with Gasteiger partial charge in [-0.15, -0.1) is 0 Å². The third-order valence-electron chi connectivity index (χ3n) is 2.78. The van der Waals surface area contributed by atoms with Gasteiger partial charge in [0.2, 0.25) is 0 Å². The van der Waals surface area contributed by atoms with Gasteiger partial charge in [0.25, 0.3) is 5.91 Å². The highest BCUT2D eigenvalue weighted by Crippen LogP contribution is 2.35. The Labute approximate surface area is 117 Å². The number of hydrazone groups is 1. The number of carbonyl (C=O) groups is 1. The number of hydrogen-bond acceptors (Lipinski definition) is 5. The van der Waals surface area contributed by atoms with Crippen LogP contribution in [0.15, 0.2) is 17.2 Å². The molecule has 6 heteroatoms. The van der Waals surface area contributed by atoms with Crippen LogP contribution in [0, 0.1) is 0 Å². The van der Waals surface area contributed by atoms with Crippen LogP contribution in [0.25, 0.3) is 0 Å². The quantitative estimate of drug-likeness (QED) is 0.267. The molecule has 1 amide bonds. The summed E-state index contributed by atoms with van der Waals surface area (Å²) >= 11 is 0. The molecule has 0 radical (unpaired) electrons. The first-order chi connectivity index (χ1) is 9.56. The Morgan fingerprint density at radius 2 is 1.85 bits per heavy atom. The average Bonchev–Trinajstić information content (AvgIpc) is 2.43. The number of rotatable bonds is 7. The minimum absolute atomic E-state index is 0.0148. The van der Waals surface area contributed by atoms with E-state index in [4.69, 9.17) is 5.11 Å². The molecule has 0 unspecified atom stereocenters. The van der Waals surface area contributed by atoms with E-state index < -0.39 is 23.2 Å². The minimum Gasteiger partial charge on any atom is -0.504 e. The van der Waals surface area contributed by atoms with Crippen LogP contribution in [0.2, 0.25) is 0 Å². The van der Waals surface area contributed by atoms with Crippen molar-refractivity contribution in [1.29, 1.82) is 0 Å². The number of nitrogens with one attached hydrogen (secondary N) is 1. The maximum Gasteiger partial charge on any atom is 0.271 e. The lowest BCUT2D eigenvalue weighted by Crippen LogP contribution is -2.17. The average molecular weight is 280 g/mol. The molecule has 110 valence electrons. The maximum absolute atomic E-state index is 11.7. The smallest absolute Gasteiger partial charge is 0.271 e. The number of nitrogens with zero attached hydrogens (tertiary/aromatic N) is 1. The Morgan fingerprint density at radius 3 is 2.45 bits per heavy atom. The van der Waals surface area contributed by atoms with Crippen molar-refractivity contribution < 1.29 is 20.1 Å². The normalized spacial score (nSPS) is 10.8. The van der Waals surface area contributed by atoms with Crippen LogP contribution in [0.4, 0.5) is 0 Å². The van der Waals surface area contributed by atoms with E-state index >= 15 is 0 Å². The Bertz CT molecular complexity index is 463. The van der Waals surface area contributed by atoms with Gasteiger partial charge in [0, 0.05) is 11.8 Å². The lowest BCUT2D eigenvalue weighted by Gasteiger charge is -2.04. The van der Waals surface area contributed by atoms with Crippen LogP contribution in [0.5, 0.6) is 17.2 Å². The summed E-state index contributed by atoms with van der Waals surface area (Å²) in [5.74, 6) is -2.33. The Kier molecular flexibility index (Phi) is 6.36. The molecule has 1 aromatic rings. The van der Waals surface area contributed by atoms with Crippen molar-refractivity contribution in [2.45, 2.75) is 39.0 Å². The number of benzene rings is 1. The summed E-state index contributed by atoms with van der Waals surface area (Å²) in [5.41, 5.74) is 2.31. The molecule has 0 fully saturated rings. The monoisotopic (exact) mass is 280 g/mol. The van der Waals surface area contributed by atoms with Gasteiger partial charge in [-0.25, -0.2) is 5.43 Å². The second-order valence-corrected chi connectivity index (χ2v) is 4.47. The van der Waals surface area contributed by atoms with E-state index in [1.54, 1.807) is 6.21 Å². The molecule has 0 spiro atoms. The highest BCUT2D eigenvalue weighted by molar-refractivity contribution is 5.95. The molecule has 1 rings (SSSR count). The lowest BCUT2D eigenvalue weighted by atomic mass is 10.2. The van der Waals surface area contributed by atoms with E-state index in [0.29, 0.717) is 0 Å². The van der Waals surface area contributed by atoms with Crippen LogP contribution in [-0.4, -0.2) is 27.4 Å². The fraction of sp³-hybridized carbons (Fsp3) is 0.429. The third kappa shape index (κ3) is 4.79. The number of hydrogen-bond donors (Lipinski definition) is 4. The Morgan fingerprint density at radius 1 is 1.20 bits per heavy atom. The second kappa shape index (κ2) is 8.04. The van der Waals surface area contributed by atoms with Crippen LogP contribution in [0.1, 0.15) is 49.4 Å². The van der Waals surface area contributed by atoms with Crippen molar-refractivity contribution in [3.05, 3.63) is 17.7 Å². The number of amides is 1. The van der Waals surface area contributed by atoms with Gasteiger partial charge < -0.3 is 15.3 Å².